The van der Waals surface area contributed by atoms with Crippen molar-refractivity contribution in [1.82, 2.24) is 5.53 Å². The van der Waals surface area contributed by atoms with Crippen LogP contribution >= 0.6 is 0 Å². The summed E-state index contributed by atoms with van der Waals surface area (Å²) >= 11 is 0. The Hall–Kier alpha value is -1.08. The van der Waals surface area contributed by atoms with Crippen LogP contribution in [0.15, 0.2) is 10.2 Å². The van der Waals surface area contributed by atoms with Crippen LogP contribution in [0.1, 0.15) is 0 Å². The molecule has 0 fully saturated rings. The lowest BCUT2D eigenvalue weighted by Gasteiger charge is -1.94. The molecule has 8 heteroatoms. The van der Waals surface area contributed by atoms with E-state index < -0.39 is 7.25 Å². The van der Waals surface area contributed by atoms with Crippen molar-refractivity contribution >= 4 is 19.7 Å². The first-order chi connectivity index (χ1) is 4.50. The molecule has 0 aromatic heterocycles. The zero-order valence-corrected chi connectivity index (χ0v) is 4.59. The molecule has 0 aliphatic carbocycles. The number of nitrogens with zero attached hydrogens (tertiary/aromatic N) is 3. The fourth-order valence-corrected chi connectivity index (χ4v) is 0.149. The number of hydrogen-bond donors (Lipinski definition) is 0. The van der Waals surface area contributed by atoms with Crippen LogP contribution in [0.2, 0.25) is 0 Å². The Morgan fingerprint density at radius 3 is 1.30 bits per heavy atom. The average Bonchev–Trinajstić information content (AvgIpc) is 2.07. The maximum Gasteiger partial charge on any atom is 0.673 e. The fraction of sp³-hybridized carbons (Fsp3) is 0. The van der Waals surface area contributed by atoms with Gasteiger partial charge in [-0.05, 0) is 5.53 Å². The third-order valence-corrected chi connectivity index (χ3v) is 0.303. The van der Waals surface area contributed by atoms with E-state index in [1.807, 2.05) is 0 Å². The fourth-order valence-electron chi connectivity index (χ4n) is 0.149. The molecule has 0 bridgehead atoms. The Labute approximate surface area is 53.9 Å². The maximum absolute atomic E-state index is 9.75. The summed E-state index contributed by atoms with van der Waals surface area (Å²) in [5.74, 6) is 0. The third-order valence-electron chi connectivity index (χ3n) is 0.303. The van der Waals surface area contributed by atoms with Crippen LogP contribution in [0.4, 0.5) is 17.3 Å². The number of hydrogen-bond acceptors (Lipinski definition) is 2. The van der Waals surface area contributed by atoms with Crippen molar-refractivity contribution in [2.24, 2.45) is 10.2 Å². The predicted molar refractivity (Wildman–Crippen MR) is 29.3 cm³/mol. The summed E-state index contributed by atoms with van der Waals surface area (Å²) in [4.78, 5) is 0. The molecule has 3 nitrogen and oxygen atoms in total. The first-order valence-electron chi connectivity index (χ1n) is 2.12. The van der Waals surface area contributed by atoms with E-state index in [0.717, 1.165) is 0 Å². The van der Waals surface area contributed by atoms with Crippen LogP contribution in [-0.4, -0.2) is 19.7 Å². The van der Waals surface area contributed by atoms with Gasteiger partial charge in [-0.25, -0.2) is 0 Å². The lowest BCUT2D eigenvalue weighted by Crippen LogP contribution is -2.02. The zero-order chi connectivity index (χ0) is 8.04. The molecule has 0 atom stereocenters. The molecule has 0 amide bonds. The first kappa shape index (κ1) is 8.92. The van der Waals surface area contributed by atoms with Gasteiger partial charge in [0.2, 0.25) is 0 Å². The molecular weight excluding hydrogens is 153 g/mol. The molecule has 0 unspecified atom stereocenters. The molecule has 0 N–H and O–H groups in total. The van der Waals surface area contributed by atoms with Crippen molar-refractivity contribution in [2.75, 3.05) is 0 Å². The molecule has 1 heterocycles. The van der Waals surface area contributed by atoms with E-state index in [0.29, 0.717) is 0 Å². The monoisotopic (exact) mass is 155 g/mol. The van der Waals surface area contributed by atoms with Crippen molar-refractivity contribution in [1.29, 1.82) is 0 Å². The highest BCUT2D eigenvalue weighted by Crippen LogP contribution is 2.06. The van der Waals surface area contributed by atoms with Gasteiger partial charge in [0.15, 0.2) is 0 Å². The minimum atomic E-state index is -6.00. The Morgan fingerprint density at radius 2 is 1.20 bits per heavy atom. The standard InChI is InChI=1S/C2H2N3.BF4/c1-2-4-5-3-1;2-1(3,4)5/h1-2H;/q;-1. The molecule has 0 saturated carbocycles. The second-order valence-corrected chi connectivity index (χ2v) is 1.11. The summed E-state index contributed by atoms with van der Waals surface area (Å²) in [6.45, 7) is 0. The van der Waals surface area contributed by atoms with E-state index in [4.69, 9.17) is 0 Å². The highest BCUT2D eigenvalue weighted by atomic mass is 19.5. The molecule has 1 radical (unpaired) electrons. The minimum absolute atomic E-state index is 1.53. The SMILES string of the molecule is C1=N[N]N=C1.F[B-](F)(F)F. The number of rotatable bonds is 0. The van der Waals surface area contributed by atoms with Crippen molar-refractivity contribution in [3.05, 3.63) is 0 Å². The van der Waals surface area contributed by atoms with Crippen molar-refractivity contribution in [3.8, 4) is 0 Å². The molecule has 0 spiro atoms. The Balaban J connectivity index is 0.000000162. The van der Waals surface area contributed by atoms with Gasteiger partial charge >= 0.3 is 7.25 Å². The minimum Gasteiger partial charge on any atom is -0.418 e. The third kappa shape index (κ3) is 15.8. The topological polar surface area (TPSA) is 38.8 Å². The van der Waals surface area contributed by atoms with Crippen molar-refractivity contribution in [2.45, 2.75) is 0 Å². The highest BCUT2D eigenvalue weighted by molar-refractivity contribution is 6.50. The lowest BCUT2D eigenvalue weighted by molar-refractivity contribution is 0.368. The quantitative estimate of drug-likeness (QED) is 0.367. The van der Waals surface area contributed by atoms with Gasteiger partial charge in [0.05, 0.1) is 12.4 Å². The molecule has 57 valence electrons. The highest BCUT2D eigenvalue weighted by Gasteiger charge is 2.20. The number of halogens is 4. The van der Waals surface area contributed by atoms with Crippen LogP contribution in [0.3, 0.4) is 0 Å². The Morgan fingerprint density at radius 1 is 0.900 bits per heavy atom. The second kappa shape index (κ2) is 3.86. The Bertz CT molecular complexity index is 124. The molecule has 1 aliphatic rings. The van der Waals surface area contributed by atoms with Gasteiger partial charge in [-0.15, -0.1) is 10.2 Å². The summed E-state index contributed by atoms with van der Waals surface area (Å²) in [5.41, 5.74) is 3.22. The van der Waals surface area contributed by atoms with Gasteiger partial charge in [-0.1, -0.05) is 0 Å². The van der Waals surface area contributed by atoms with Gasteiger partial charge in [0.25, 0.3) is 0 Å². The molecule has 10 heavy (non-hydrogen) atoms. The lowest BCUT2D eigenvalue weighted by atomic mass is 10.3. The molecule has 0 aromatic rings. The van der Waals surface area contributed by atoms with E-state index in [1.165, 1.54) is 12.4 Å². The van der Waals surface area contributed by atoms with Gasteiger partial charge in [-0.2, -0.15) is 0 Å². The summed E-state index contributed by atoms with van der Waals surface area (Å²) in [5, 5.41) is 6.72. The first-order valence-corrected chi connectivity index (χ1v) is 2.12. The van der Waals surface area contributed by atoms with Gasteiger partial charge in [0.1, 0.15) is 0 Å². The predicted octanol–water partition coefficient (Wildman–Crippen LogP) is 0.876. The molecule has 0 aromatic carbocycles. The second-order valence-electron chi connectivity index (χ2n) is 1.11. The maximum atomic E-state index is 9.75. The summed E-state index contributed by atoms with van der Waals surface area (Å²) in [6, 6.07) is 0. The van der Waals surface area contributed by atoms with Crippen molar-refractivity contribution < 1.29 is 17.3 Å². The molecular formula is C2H2BF4N3-. The van der Waals surface area contributed by atoms with Crippen LogP contribution in [0.25, 0.3) is 0 Å². The van der Waals surface area contributed by atoms with Crippen LogP contribution in [-0.2, 0) is 0 Å². The molecule has 0 saturated heterocycles. The van der Waals surface area contributed by atoms with Crippen molar-refractivity contribution in [3.63, 3.8) is 0 Å². The summed E-state index contributed by atoms with van der Waals surface area (Å²) in [7, 11) is -6.00. The summed E-state index contributed by atoms with van der Waals surface area (Å²) in [6.07, 6.45) is 3.06. The van der Waals surface area contributed by atoms with E-state index in [2.05, 4.69) is 15.7 Å². The largest absolute Gasteiger partial charge is 0.673 e. The van der Waals surface area contributed by atoms with Gasteiger partial charge in [0, 0.05) is 0 Å². The van der Waals surface area contributed by atoms with Crippen LogP contribution < -0.4 is 5.53 Å². The van der Waals surface area contributed by atoms with E-state index in [1.54, 1.807) is 0 Å². The van der Waals surface area contributed by atoms with Crippen LogP contribution in [0, 0.1) is 0 Å². The van der Waals surface area contributed by atoms with Gasteiger partial charge in [-0.3, -0.25) is 0 Å². The molecule has 1 aliphatic heterocycles. The Kier molecular flexibility index (Phi) is 3.44. The van der Waals surface area contributed by atoms with E-state index in [9.17, 15) is 17.3 Å². The summed E-state index contributed by atoms with van der Waals surface area (Å²) < 4.78 is 39.0. The van der Waals surface area contributed by atoms with E-state index in [-0.39, 0.29) is 0 Å². The zero-order valence-electron chi connectivity index (χ0n) is 4.59. The van der Waals surface area contributed by atoms with E-state index >= 15 is 0 Å². The molecule has 1 rings (SSSR count). The smallest absolute Gasteiger partial charge is 0.418 e. The van der Waals surface area contributed by atoms with Crippen LogP contribution in [0.5, 0.6) is 0 Å². The normalized spacial score (nSPS) is 14.0. The average molecular weight is 155 g/mol. The van der Waals surface area contributed by atoms with Gasteiger partial charge < -0.3 is 17.3 Å².